The zero-order chi connectivity index (χ0) is 23.4. The van der Waals surface area contributed by atoms with Crippen LogP contribution in [0.3, 0.4) is 0 Å². The molecule has 0 saturated heterocycles. The molecule has 0 radical (unpaired) electrons. The minimum Gasteiger partial charge on any atom is -0.352 e. The molecule has 0 aliphatic carbocycles. The van der Waals surface area contributed by atoms with Crippen molar-refractivity contribution in [3.8, 4) is 16.9 Å². The first-order valence-electron chi connectivity index (χ1n) is 9.90. The zero-order valence-electron chi connectivity index (χ0n) is 17.4. The number of rotatable bonds is 6. The Labute approximate surface area is 186 Å². The van der Waals surface area contributed by atoms with E-state index in [9.17, 15) is 18.0 Å². The van der Waals surface area contributed by atoms with Crippen LogP contribution < -0.4 is 5.32 Å². The van der Waals surface area contributed by atoms with Gasteiger partial charge in [0.05, 0.1) is 17.1 Å². The highest BCUT2D eigenvalue weighted by molar-refractivity contribution is 5.96. The number of pyridine rings is 1. The largest absolute Gasteiger partial charge is 0.451 e. The molecular formula is C22H18F3N7O. The number of aromatic nitrogens is 6. The van der Waals surface area contributed by atoms with Gasteiger partial charge in [-0.25, -0.2) is 9.67 Å². The average molecular weight is 453 g/mol. The fraction of sp³-hybridized carbons (Fsp3) is 0.182. The summed E-state index contributed by atoms with van der Waals surface area (Å²) in [6.07, 6.45) is 2.89. The Hall–Kier alpha value is -4.15. The van der Waals surface area contributed by atoms with Gasteiger partial charge >= 0.3 is 6.18 Å². The maximum absolute atomic E-state index is 13.4. The highest BCUT2D eigenvalue weighted by Gasteiger charge is 2.37. The average Bonchev–Trinajstić information content (AvgIpc) is 3.31. The van der Waals surface area contributed by atoms with E-state index in [0.29, 0.717) is 28.1 Å². The lowest BCUT2D eigenvalue weighted by Gasteiger charge is -2.13. The Kier molecular flexibility index (Phi) is 6.11. The van der Waals surface area contributed by atoms with Crippen molar-refractivity contribution in [1.82, 2.24) is 35.0 Å². The van der Waals surface area contributed by atoms with E-state index >= 15 is 0 Å². The molecule has 33 heavy (non-hydrogen) atoms. The maximum Gasteiger partial charge on any atom is 0.451 e. The van der Waals surface area contributed by atoms with Crippen LogP contribution in [0.15, 0.2) is 61.4 Å². The summed E-state index contributed by atoms with van der Waals surface area (Å²) >= 11 is 0. The van der Waals surface area contributed by atoms with Crippen LogP contribution in [0.5, 0.6) is 0 Å². The van der Waals surface area contributed by atoms with E-state index in [-0.39, 0.29) is 17.8 Å². The molecule has 3 heterocycles. The number of alkyl halides is 3. The van der Waals surface area contributed by atoms with Gasteiger partial charge in [-0.15, -0.1) is 0 Å². The molecule has 0 unspecified atom stereocenters. The van der Waals surface area contributed by atoms with E-state index in [0.717, 1.165) is 11.9 Å². The monoisotopic (exact) mass is 453 g/mol. The Morgan fingerprint density at radius 2 is 1.91 bits per heavy atom. The van der Waals surface area contributed by atoms with E-state index in [1.165, 1.54) is 12.1 Å². The second-order valence-corrected chi connectivity index (χ2v) is 7.19. The van der Waals surface area contributed by atoms with Crippen molar-refractivity contribution in [1.29, 1.82) is 0 Å². The number of benzene rings is 1. The Balaban J connectivity index is 1.68. The van der Waals surface area contributed by atoms with Gasteiger partial charge in [-0.05, 0) is 36.8 Å². The fourth-order valence-corrected chi connectivity index (χ4v) is 3.14. The van der Waals surface area contributed by atoms with E-state index < -0.39 is 17.9 Å². The molecule has 0 bridgehead atoms. The second-order valence-electron chi connectivity index (χ2n) is 7.19. The third kappa shape index (κ3) is 5.20. The lowest BCUT2D eigenvalue weighted by Crippen LogP contribution is -2.26. The third-order valence-corrected chi connectivity index (χ3v) is 4.72. The quantitative estimate of drug-likeness (QED) is 0.480. The van der Waals surface area contributed by atoms with Gasteiger partial charge in [-0.1, -0.05) is 6.07 Å². The molecule has 168 valence electrons. The van der Waals surface area contributed by atoms with Crippen molar-refractivity contribution < 1.29 is 18.0 Å². The van der Waals surface area contributed by atoms with Crippen molar-refractivity contribution in [2.24, 2.45) is 0 Å². The number of halogens is 3. The Bertz CT molecular complexity index is 1260. The van der Waals surface area contributed by atoms with E-state index in [1.54, 1.807) is 36.9 Å². The number of hydrogen-bond acceptors (Lipinski definition) is 6. The number of aryl methyl sites for hydroxylation is 1. The van der Waals surface area contributed by atoms with Gasteiger partial charge in [0.1, 0.15) is 6.33 Å². The Morgan fingerprint density at radius 1 is 1.06 bits per heavy atom. The van der Waals surface area contributed by atoms with Crippen molar-refractivity contribution in [3.63, 3.8) is 0 Å². The predicted molar refractivity (Wildman–Crippen MR) is 112 cm³/mol. The molecule has 11 heteroatoms. The van der Waals surface area contributed by atoms with Gasteiger partial charge in [-0.3, -0.25) is 19.7 Å². The van der Waals surface area contributed by atoms with Crippen molar-refractivity contribution in [2.45, 2.75) is 19.5 Å². The second kappa shape index (κ2) is 9.15. The molecule has 3 aromatic heterocycles. The summed E-state index contributed by atoms with van der Waals surface area (Å²) in [6.45, 7) is 2.14. The van der Waals surface area contributed by atoms with Crippen LogP contribution in [0.4, 0.5) is 13.2 Å². The normalized spacial score (nSPS) is 11.4. The Morgan fingerprint density at radius 3 is 2.61 bits per heavy atom. The van der Waals surface area contributed by atoms with Crippen molar-refractivity contribution in [2.75, 3.05) is 6.54 Å². The van der Waals surface area contributed by atoms with Crippen LogP contribution in [-0.4, -0.2) is 42.2 Å². The molecule has 0 fully saturated rings. The van der Waals surface area contributed by atoms with Gasteiger partial charge in [0.15, 0.2) is 0 Å². The van der Waals surface area contributed by atoms with E-state index in [1.807, 2.05) is 13.0 Å². The molecule has 0 atom stereocenters. The molecule has 0 aliphatic rings. The van der Waals surface area contributed by atoms with Gasteiger partial charge in [0.25, 0.3) is 5.91 Å². The summed E-state index contributed by atoms with van der Waals surface area (Å²) in [4.78, 5) is 28.6. The van der Waals surface area contributed by atoms with Gasteiger partial charge in [0, 0.05) is 48.9 Å². The van der Waals surface area contributed by atoms with Gasteiger partial charge < -0.3 is 5.32 Å². The van der Waals surface area contributed by atoms with Crippen LogP contribution in [0.2, 0.25) is 0 Å². The summed E-state index contributed by atoms with van der Waals surface area (Å²) < 4.78 is 40.8. The number of nitrogens with one attached hydrogen (secondary N) is 1. The molecule has 4 aromatic rings. The van der Waals surface area contributed by atoms with Crippen LogP contribution in [0, 0.1) is 6.92 Å². The summed E-state index contributed by atoms with van der Waals surface area (Å²) in [7, 11) is 0. The first kappa shape index (κ1) is 22.1. The van der Waals surface area contributed by atoms with Crippen LogP contribution in [-0.2, 0) is 12.6 Å². The number of carbonyl (C=O) groups excluding carboxylic acids is 1. The molecule has 0 aliphatic heterocycles. The highest BCUT2D eigenvalue weighted by atomic mass is 19.4. The van der Waals surface area contributed by atoms with Gasteiger partial charge in [-0.2, -0.15) is 18.3 Å². The lowest BCUT2D eigenvalue weighted by molar-refractivity contribution is -0.146. The smallest absolute Gasteiger partial charge is 0.352 e. The molecule has 8 nitrogen and oxygen atoms in total. The van der Waals surface area contributed by atoms with Crippen molar-refractivity contribution in [3.05, 3.63) is 84.1 Å². The maximum atomic E-state index is 13.4. The first-order valence-corrected chi connectivity index (χ1v) is 9.90. The zero-order valence-corrected chi connectivity index (χ0v) is 17.4. The van der Waals surface area contributed by atoms with E-state index in [4.69, 9.17) is 0 Å². The molecule has 1 amide bonds. The standard InChI is InChI=1S/C22H18F3N7O/c1-14-2-3-19(29-11-14)15-8-16(20(33)28-5-4-17-12-26-6-7-27-17)10-18(9-15)32-21(22(23,24)25)30-13-31-32/h2-3,6-13H,4-5H2,1H3,(H,28,33). The molecule has 0 spiro atoms. The molecular weight excluding hydrogens is 435 g/mol. The fourth-order valence-electron chi connectivity index (χ4n) is 3.14. The minimum atomic E-state index is -4.71. The first-order chi connectivity index (χ1) is 15.8. The van der Waals surface area contributed by atoms with Crippen LogP contribution >= 0.6 is 0 Å². The van der Waals surface area contributed by atoms with Gasteiger partial charge in [0.2, 0.25) is 5.82 Å². The number of hydrogen-bond donors (Lipinski definition) is 1. The number of nitrogens with zero attached hydrogens (tertiary/aromatic N) is 6. The van der Waals surface area contributed by atoms with Crippen LogP contribution in [0.1, 0.15) is 27.4 Å². The number of amides is 1. The lowest BCUT2D eigenvalue weighted by atomic mass is 10.0. The van der Waals surface area contributed by atoms with E-state index in [2.05, 4.69) is 30.4 Å². The predicted octanol–water partition coefficient (Wildman–Crippen LogP) is 3.42. The number of carbonyl (C=O) groups is 1. The summed E-state index contributed by atoms with van der Waals surface area (Å²) in [5.41, 5.74) is 2.80. The SMILES string of the molecule is Cc1ccc(-c2cc(C(=O)NCCc3cnccn3)cc(-n3ncnc3C(F)(F)F)c2)nc1. The van der Waals surface area contributed by atoms with Crippen LogP contribution in [0.25, 0.3) is 16.9 Å². The summed E-state index contributed by atoms with van der Waals surface area (Å²) in [5, 5.41) is 6.48. The third-order valence-electron chi connectivity index (χ3n) is 4.72. The molecule has 0 saturated carbocycles. The summed E-state index contributed by atoms with van der Waals surface area (Å²) in [5.74, 6) is -1.65. The summed E-state index contributed by atoms with van der Waals surface area (Å²) in [6, 6.07) is 7.95. The topological polar surface area (TPSA) is 98.5 Å². The highest BCUT2D eigenvalue weighted by Crippen LogP contribution is 2.30. The molecule has 1 aromatic carbocycles. The molecule has 4 rings (SSSR count). The molecule has 1 N–H and O–H groups in total. The minimum absolute atomic E-state index is 0.0405. The van der Waals surface area contributed by atoms with Crippen molar-refractivity contribution >= 4 is 5.91 Å².